The minimum atomic E-state index is 0.195. The topological polar surface area (TPSA) is 24.9 Å². The average molecular weight is 300 g/mol. The molecule has 0 saturated heterocycles. The Bertz CT molecular complexity index is 585. The van der Waals surface area contributed by atoms with Crippen LogP contribution in [-0.4, -0.2) is 11.5 Å². The summed E-state index contributed by atoms with van der Waals surface area (Å²) in [6.07, 6.45) is 4.84. The van der Waals surface area contributed by atoms with Gasteiger partial charge in [-0.25, -0.2) is 4.98 Å². The van der Waals surface area contributed by atoms with Crippen molar-refractivity contribution >= 4 is 11.3 Å². The Labute approximate surface area is 131 Å². The van der Waals surface area contributed by atoms with Crippen molar-refractivity contribution in [3.63, 3.8) is 0 Å². The van der Waals surface area contributed by atoms with E-state index in [1.54, 1.807) is 0 Å². The van der Waals surface area contributed by atoms with Crippen LogP contribution in [0, 0.1) is 0 Å². The summed E-state index contributed by atoms with van der Waals surface area (Å²) < 4.78 is 0. The first-order valence-corrected chi connectivity index (χ1v) is 8.87. The standard InChI is InChI=1S/C18H24N2S/c1-3-15-16(13-19-4-2)21-17(20-15)18(11-8-12-18)14-9-6-5-7-10-14/h5-7,9-10,19H,3-4,8,11-13H2,1-2H3. The van der Waals surface area contributed by atoms with Crippen LogP contribution in [0.5, 0.6) is 0 Å². The van der Waals surface area contributed by atoms with Crippen LogP contribution >= 0.6 is 11.3 Å². The van der Waals surface area contributed by atoms with Gasteiger partial charge in [-0.2, -0.15) is 0 Å². The molecular weight excluding hydrogens is 276 g/mol. The van der Waals surface area contributed by atoms with Crippen LogP contribution in [0.4, 0.5) is 0 Å². The van der Waals surface area contributed by atoms with Gasteiger partial charge in [0.1, 0.15) is 5.01 Å². The van der Waals surface area contributed by atoms with Crippen LogP contribution in [0.2, 0.25) is 0 Å². The first kappa shape index (κ1) is 14.7. The highest BCUT2D eigenvalue weighted by molar-refractivity contribution is 7.12. The fourth-order valence-electron chi connectivity index (χ4n) is 3.15. The van der Waals surface area contributed by atoms with Crippen molar-refractivity contribution in [3.05, 3.63) is 51.5 Å². The summed E-state index contributed by atoms with van der Waals surface area (Å²) in [5.74, 6) is 0. The van der Waals surface area contributed by atoms with Crippen molar-refractivity contribution in [2.75, 3.05) is 6.54 Å². The summed E-state index contributed by atoms with van der Waals surface area (Å²) in [7, 11) is 0. The molecule has 2 aromatic rings. The Hall–Kier alpha value is -1.19. The molecule has 0 radical (unpaired) electrons. The predicted octanol–water partition coefficient (Wildman–Crippen LogP) is 4.29. The van der Waals surface area contributed by atoms with Crippen LogP contribution in [0.3, 0.4) is 0 Å². The molecule has 0 aliphatic heterocycles. The van der Waals surface area contributed by atoms with Gasteiger partial charge in [-0.15, -0.1) is 11.3 Å². The zero-order chi connectivity index (χ0) is 14.7. The van der Waals surface area contributed by atoms with Crippen molar-refractivity contribution in [2.45, 2.75) is 51.5 Å². The molecular formula is C18H24N2S. The average Bonchev–Trinajstić information content (AvgIpc) is 2.88. The number of nitrogens with one attached hydrogen (secondary N) is 1. The first-order valence-electron chi connectivity index (χ1n) is 8.05. The van der Waals surface area contributed by atoms with Gasteiger partial charge in [-0.3, -0.25) is 0 Å². The summed E-state index contributed by atoms with van der Waals surface area (Å²) in [4.78, 5) is 6.46. The van der Waals surface area contributed by atoms with Crippen LogP contribution in [0.1, 0.15) is 54.3 Å². The normalized spacial score (nSPS) is 16.7. The molecule has 1 aromatic carbocycles. The Morgan fingerprint density at radius 3 is 2.52 bits per heavy atom. The van der Waals surface area contributed by atoms with Gasteiger partial charge in [0.2, 0.25) is 0 Å². The van der Waals surface area contributed by atoms with E-state index in [0.29, 0.717) is 0 Å². The number of aryl methyl sites for hydroxylation is 1. The Kier molecular flexibility index (Phi) is 4.41. The molecule has 0 atom stereocenters. The second-order valence-electron chi connectivity index (χ2n) is 5.82. The number of hydrogen-bond donors (Lipinski definition) is 1. The van der Waals surface area contributed by atoms with E-state index in [-0.39, 0.29) is 5.41 Å². The molecule has 1 aliphatic carbocycles. The van der Waals surface area contributed by atoms with E-state index < -0.39 is 0 Å². The van der Waals surface area contributed by atoms with Gasteiger partial charge >= 0.3 is 0 Å². The van der Waals surface area contributed by atoms with Gasteiger partial charge < -0.3 is 5.32 Å². The van der Waals surface area contributed by atoms with Crippen molar-refractivity contribution in [3.8, 4) is 0 Å². The van der Waals surface area contributed by atoms with Gasteiger partial charge in [0.05, 0.1) is 5.69 Å². The lowest BCUT2D eigenvalue weighted by molar-refractivity contribution is 0.300. The number of hydrogen-bond acceptors (Lipinski definition) is 3. The summed E-state index contributed by atoms with van der Waals surface area (Å²) >= 11 is 1.93. The molecule has 0 bridgehead atoms. The van der Waals surface area contributed by atoms with Gasteiger partial charge in [-0.05, 0) is 31.4 Å². The quantitative estimate of drug-likeness (QED) is 0.861. The third kappa shape index (κ3) is 2.65. The number of benzene rings is 1. The van der Waals surface area contributed by atoms with E-state index in [4.69, 9.17) is 4.98 Å². The zero-order valence-electron chi connectivity index (χ0n) is 13.0. The SMILES string of the molecule is CCNCc1sc(C2(c3ccccc3)CCC2)nc1CC. The molecule has 3 rings (SSSR count). The molecule has 3 heteroatoms. The lowest BCUT2D eigenvalue weighted by Crippen LogP contribution is -2.35. The third-order valence-corrected chi connectivity index (χ3v) is 5.89. The molecule has 2 nitrogen and oxygen atoms in total. The minimum Gasteiger partial charge on any atom is -0.312 e. The Morgan fingerprint density at radius 2 is 1.95 bits per heavy atom. The Balaban J connectivity index is 1.96. The fourth-order valence-corrected chi connectivity index (χ4v) is 4.54. The summed E-state index contributed by atoms with van der Waals surface area (Å²) in [6.45, 7) is 6.34. The predicted molar refractivity (Wildman–Crippen MR) is 89.9 cm³/mol. The molecule has 1 aromatic heterocycles. The van der Waals surface area contributed by atoms with E-state index in [2.05, 4.69) is 49.5 Å². The summed E-state index contributed by atoms with van der Waals surface area (Å²) in [5, 5.41) is 4.79. The molecule has 21 heavy (non-hydrogen) atoms. The molecule has 1 fully saturated rings. The van der Waals surface area contributed by atoms with Crippen LogP contribution in [0.25, 0.3) is 0 Å². The van der Waals surface area contributed by atoms with E-state index in [0.717, 1.165) is 19.5 Å². The minimum absolute atomic E-state index is 0.195. The number of rotatable bonds is 6. The summed E-state index contributed by atoms with van der Waals surface area (Å²) in [5.41, 5.74) is 2.93. The summed E-state index contributed by atoms with van der Waals surface area (Å²) in [6, 6.07) is 11.0. The lowest BCUT2D eigenvalue weighted by atomic mass is 9.65. The maximum atomic E-state index is 5.03. The van der Waals surface area contributed by atoms with E-state index >= 15 is 0 Å². The monoisotopic (exact) mass is 300 g/mol. The van der Waals surface area contributed by atoms with Crippen molar-refractivity contribution in [1.29, 1.82) is 0 Å². The van der Waals surface area contributed by atoms with Crippen molar-refractivity contribution in [2.24, 2.45) is 0 Å². The zero-order valence-corrected chi connectivity index (χ0v) is 13.8. The molecule has 1 heterocycles. The molecule has 0 unspecified atom stereocenters. The van der Waals surface area contributed by atoms with Crippen LogP contribution < -0.4 is 5.32 Å². The number of thiazole rings is 1. The van der Waals surface area contributed by atoms with Gasteiger partial charge in [0, 0.05) is 16.8 Å². The van der Waals surface area contributed by atoms with E-state index in [9.17, 15) is 0 Å². The van der Waals surface area contributed by atoms with Gasteiger partial charge in [0.25, 0.3) is 0 Å². The smallest absolute Gasteiger partial charge is 0.104 e. The van der Waals surface area contributed by atoms with Crippen molar-refractivity contribution < 1.29 is 0 Å². The van der Waals surface area contributed by atoms with Gasteiger partial charge in [0.15, 0.2) is 0 Å². The highest BCUT2D eigenvalue weighted by atomic mass is 32.1. The highest BCUT2D eigenvalue weighted by Crippen LogP contribution is 2.50. The molecule has 1 aliphatic rings. The molecule has 0 amide bonds. The lowest BCUT2D eigenvalue weighted by Gasteiger charge is -2.40. The van der Waals surface area contributed by atoms with Crippen molar-refractivity contribution in [1.82, 2.24) is 10.3 Å². The molecule has 112 valence electrons. The molecule has 1 N–H and O–H groups in total. The highest BCUT2D eigenvalue weighted by Gasteiger charge is 2.43. The largest absolute Gasteiger partial charge is 0.312 e. The molecule has 1 saturated carbocycles. The first-order chi connectivity index (χ1) is 10.3. The second kappa shape index (κ2) is 6.29. The second-order valence-corrected chi connectivity index (χ2v) is 6.91. The van der Waals surface area contributed by atoms with E-state index in [1.807, 2.05) is 11.3 Å². The maximum absolute atomic E-state index is 5.03. The van der Waals surface area contributed by atoms with Crippen LogP contribution in [0.15, 0.2) is 30.3 Å². The van der Waals surface area contributed by atoms with Gasteiger partial charge in [-0.1, -0.05) is 50.6 Å². The fraction of sp³-hybridized carbons (Fsp3) is 0.500. The third-order valence-electron chi connectivity index (χ3n) is 4.59. The molecule has 0 spiro atoms. The maximum Gasteiger partial charge on any atom is 0.104 e. The van der Waals surface area contributed by atoms with E-state index in [1.165, 1.54) is 40.4 Å². The number of nitrogens with zero attached hydrogens (tertiary/aromatic N) is 1. The number of aromatic nitrogens is 1. The Morgan fingerprint density at radius 1 is 1.19 bits per heavy atom. The van der Waals surface area contributed by atoms with Crippen LogP contribution in [-0.2, 0) is 18.4 Å².